The molecule has 188 valence electrons. The van der Waals surface area contributed by atoms with Crippen LogP contribution in [0.2, 0.25) is 0 Å². The Balaban J connectivity index is 1.62. The number of benzene rings is 2. The van der Waals surface area contributed by atoms with Gasteiger partial charge in [0.1, 0.15) is 12.6 Å². The molecule has 1 aliphatic rings. The van der Waals surface area contributed by atoms with E-state index in [4.69, 9.17) is 9.84 Å². The Bertz CT molecular complexity index is 990. The average molecular weight is 481 g/mol. The van der Waals surface area contributed by atoms with Gasteiger partial charge < -0.3 is 20.1 Å². The number of carboxylic acids is 1. The number of nitrogens with zero attached hydrogens (tertiary/aromatic N) is 1. The number of unbranched alkanes of at least 4 members (excludes halogenated alkanes) is 1. The number of rotatable bonds is 12. The van der Waals surface area contributed by atoms with E-state index in [0.717, 1.165) is 22.3 Å². The van der Waals surface area contributed by atoms with E-state index in [2.05, 4.69) is 29.6 Å². The lowest BCUT2D eigenvalue weighted by Gasteiger charge is -2.28. The molecule has 1 aliphatic carbocycles. The van der Waals surface area contributed by atoms with Gasteiger partial charge in [-0.1, -0.05) is 62.4 Å². The molecule has 7 nitrogen and oxygen atoms in total. The van der Waals surface area contributed by atoms with Crippen molar-refractivity contribution in [3.63, 3.8) is 0 Å². The van der Waals surface area contributed by atoms with Gasteiger partial charge in [0, 0.05) is 25.4 Å². The summed E-state index contributed by atoms with van der Waals surface area (Å²) in [5, 5.41) is 11.6. The smallest absolute Gasteiger partial charge is 0.407 e. The number of hydrogen-bond acceptors (Lipinski definition) is 4. The topological polar surface area (TPSA) is 95.9 Å². The summed E-state index contributed by atoms with van der Waals surface area (Å²) in [5.41, 5.74) is 4.59. The van der Waals surface area contributed by atoms with Crippen molar-refractivity contribution in [2.45, 2.75) is 58.4 Å². The molecule has 0 saturated heterocycles. The molecule has 0 unspecified atom stereocenters. The highest BCUT2D eigenvalue weighted by Gasteiger charge is 2.30. The molecule has 2 amide bonds. The van der Waals surface area contributed by atoms with Crippen molar-refractivity contribution >= 4 is 18.0 Å². The van der Waals surface area contributed by atoms with Gasteiger partial charge in [0.15, 0.2) is 0 Å². The number of fused-ring (bicyclic) bond motifs is 3. The maximum Gasteiger partial charge on any atom is 0.407 e. The van der Waals surface area contributed by atoms with Crippen LogP contribution in [0.5, 0.6) is 0 Å². The number of carbonyl (C=O) groups excluding carboxylic acids is 2. The zero-order valence-electron chi connectivity index (χ0n) is 20.8. The minimum Gasteiger partial charge on any atom is -0.481 e. The van der Waals surface area contributed by atoms with Crippen molar-refractivity contribution in [3.8, 4) is 11.1 Å². The van der Waals surface area contributed by atoms with Crippen LogP contribution < -0.4 is 5.32 Å². The number of ether oxygens (including phenoxy) is 1. The molecular weight excluding hydrogens is 444 g/mol. The molecule has 0 radical (unpaired) electrons. The molecule has 0 bridgehead atoms. The first-order valence-corrected chi connectivity index (χ1v) is 12.4. The first-order valence-electron chi connectivity index (χ1n) is 12.4. The van der Waals surface area contributed by atoms with Crippen molar-refractivity contribution in [3.05, 3.63) is 59.7 Å². The summed E-state index contributed by atoms with van der Waals surface area (Å²) in [5.74, 6) is -0.851. The number of nitrogens with one attached hydrogen (secondary N) is 1. The molecule has 0 aromatic heterocycles. The minimum absolute atomic E-state index is 0.0474. The SMILES string of the molecule is CCN(CCCCC(=O)O)C(=O)[C@@H](CC(C)C)NC(=O)OCC1c2ccccc2-c2ccccc21. The van der Waals surface area contributed by atoms with Crippen LogP contribution in [0.3, 0.4) is 0 Å². The van der Waals surface area contributed by atoms with Gasteiger partial charge in [-0.05, 0) is 54.4 Å². The van der Waals surface area contributed by atoms with E-state index in [1.54, 1.807) is 4.90 Å². The maximum absolute atomic E-state index is 13.2. The highest BCUT2D eigenvalue weighted by molar-refractivity contribution is 5.86. The molecule has 3 rings (SSSR count). The number of carboxylic acid groups (broad SMARTS) is 1. The van der Waals surface area contributed by atoms with Crippen molar-refractivity contribution in [1.29, 1.82) is 0 Å². The summed E-state index contributed by atoms with van der Waals surface area (Å²) < 4.78 is 5.65. The Morgan fingerprint density at radius 2 is 1.60 bits per heavy atom. The van der Waals surface area contributed by atoms with E-state index in [9.17, 15) is 14.4 Å². The summed E-state index contributed by atoms with van der Waals surface area (Å²) in [4.78, 5) is 38.4. The third-order valence-electron chi connectivity index (χ3n) is 6.40. The van der Waals surface area contributed by atoms with E-state index in [0.29, 0.717) is 32.4 Å². The van der Waals surface area contributed by atoms with Crippen LogP contribution in [0.1, 0.15) is 63.5 Å². The van der Waals surface area contributed by atoms with Gasteiger partial charge in [0.25, 0.3) is 0 Å². The lowest BCUT2D eigenvalue weighted by Crippen LogP contribution is -2.49. The lowest BCUT2D eigenvalue weighted by molar-refractivity contribution is -0.137. The zero-order chi connectivity index (χ0) is 25.4. The third kappa shape index (κ3) is 6.84. The fourth-order valence-electron chi connectivity index (χ4n) is 4.70. The number of aliphatic carboxylic acids is 1. The molecule has 0 heterocycles. The van der Waals surface area contributed by atoms with E-state index in [1.165, 1.54) is 0 Å². The van der Waals surface area contributed by atoms with Crippen molar-refractivity contribution in [1.82, 2.24) is 10.2 Å². The predicted molar refractivity (Wildman–Crippen MR) is 135 cm³/mol. The summed E-state index contributed by atoms with van der Waals surface area (Å²) in [6.07, 6.45) is 1.08. The first-order chi connectivity index (χ1) is 16.8. The molecule has 2 aromatic carbocycles. The van der Waals surface area contributed by atoms with Gasteiger partial charge in [0.05, 0.1) is 0 Å². The summed E-state index contributed by atoms with van der Waals surface area (Å²) in [7, 11) is 0. The fourth-order valence-corrected chi connectivity index (χ4v) is 4.70. The van der Waals surface area contributed by atoms with E-state index in [-0.39, 0.29) is 30.8 Å². The van der Waals surface area contributed by atoms with Crippen LogP contribution in [0.25, 0.3) is 11.1 Å². The molecular formula is C28H36N2O5. The third-order valence-corrected chi connectivity index (χ3v) is 6.40. The largest absolute Gasteiger partial charge is 0.481 e. The normalized spacial score (nSPS) is 13.1. The van der Waals surface area contributed by atoms with Gasteiger partial charge in [-0.2, -0.15) is 0 Å². The maximum atomic E-state index is 13.2. The molecule has 0 fully saturated rings. The van der Waals surface area contributed by atoms with Crippen LogP contribution in [0, 0.1) is 5.92 Å². The fraction of sp³-hybridized carbons (Fsp3) is 0.464. The number of carbonyl (C=O) groups is 3. The number of amides is 2. The Morgan fingerprint density at radius 3 is 2.14 bits per heavy atom. The lowest BCUT2D eigenvalue weighted by atomic mass is 9.98. The van der Waals surface area contributed by atoms with Crippen molar-refractivity contribution < 1.29 is 24.2 Å². The van der Waals surface area contributed by atoms with Gasteiger partial charge >= 0.3 is 12.1 Å². The second-order valence-corrected chi connectivity index (χ2v) is 9.42. The molecule has 1 atom stereocenters. The second-order valence-electron chi connectivity index (χ2n) is 9.42. The number of hydrogen-bond donors (Lipinski definition) is 2. The van der Waals surface area contributed by atoms with Crippen LogP contribution in [-0.2, 0) is 14.3 Å². The number of alkyl carbamates (subject to hydrolysis) is 1. The summed E-state index contributed by atoms with van der Waals surface area (Å²) in [6, 6.07) is 15.6. The molecule has 2 aromatic rings. The van der Waals surface area contributed by atoms with Crippen molar-refractivity contribution in [2.75, 3.05) is 19.7 Å². The Kier molecular flexibility index (Phi) is 9.29. The number of likely N-dealkylation sites (N-methyl/N-ethyl adjacent to an activating group) is 1. The highest BCUT2D eigenvalue weighted by atomic mass is 16.5. The van der Waals surface area contributed by atoms with Crippen LogP contribution in [0.4, 0.5) is 4.79 Å². The van der Waals surface area contributed by atoms with Gasteiger partial charge in [-0.3, -0.25) is 9.59 Å². The Labute approximate surface area is 207 Å². The van der Waals surface area contributed by atoms with Crippen LogP contribution in [-0.4, -0.2) is 53.7 Å². The standard InChI is InChI=1S/C28H36N2O5/c1-4-30(16-10-9-15-26(31)32)27(33)25(17-19(2)3)29-28(34)35-18-24-22-13-7-5-11-20(22)21-12-6-8-14-23(21)24/h5-8,11-14,19,24-25H,4,9-10,15-18H2,1-3H3,(H,29,34)(H,31,32)/t25-/m1/s1. The molecule has 2 N–H and O–H groups in total. The molecule has 35 heavy (non-hydrogen) atoms. The Hall–Kier alpha value is -3.35. The van der Waals surface area contributed by atoms with E-state index >= 15 is 0 Å². The molecule has 0 spiro atoms. The van der Waals surface area contributed by atoms with Crippen LogP contribution in [0.15, 0.2) is 48.5 Å². The molecule has 7 heteroatoms. The zero-order valence-corrected chi connectivity index (χ0v) is 20.8. The monoisotopic (exact) mass is 480 g/mol. The second kappa shape index (κ2) is 12.4. The quantitative estimate of drug-likeness (QED) is 0.415. The van der Waals surface area contributed by atoms with Gasteiger partial charge in [-0.25, -0.2) is 4.79 Å². The predicted octanol–water partition coefficient (Wildman–Crippen LogP) is 5.04. The van der Waals surface area contributed by atoms with Crippen molar-refractivity contribution in [2.24, 2.45) is 5.92 Å². The molecule has 0 aliphatic heterocycles. The van der Waals surface area contributed by atoms with E-state index < -0.39 is 18.1 Å². The first kappa shape index (κ1) is 26.3. The highest BCUT2D eigenvalue weighted by Crippen LogP contribution is 2.44. The van der Waals surface area contributed by atoms with Gasteiger partial charge in [-0.15, -0.1) is 0 Å². The minimum atomic E-state index is -0.839. The van der Waals surface area contributed by atoms with Crippen LogP contribution >= 0.6 is 0 Å². The Morgan fingerprint density at radius 1 is 1.00 bits per heavy atom. The molecule has 0 saturated carbocycles. The summed E-state index contributed by atoms with van der Waals surface area (Å²) in [6.45, 7) is 7.03. The average Bonchev–Trinajstić information content (AvgIpc) is 3.15. The van der Waals surface area contributed by atoms with Gasteiger partial charge in [0.2, 0.25) is 5.91 Å². The van der Waals surface area contributed by atoms with E-state index in [1.807, 2.05) is 45.0 Å². The summed E-state index contributed by atoms with van der Waals surface area (Å²) >= 11 is 0.